The number of rotatable bonds is 11. The maximum Gasteiger partial charge on any atom is 0.251 e. The second-order valence-electron chi connectivity index (χ2n) is 7.29. The Labute approximate surface area is 185 Å². The van der Waals surface area contributed by atoms with Gasteiger partial charge in [-0.15, -0.1) is 0 Å². The summed E-state index contributed by atoms with van der Waals surface area (Å²) in [6.45, 7) is 10.9. The van der Waals surface area contributed by atoms with Gasteiger partial charge in [0.2, 0.25) is 10.0 Å². The van der Waals surface area contributed by atoms with E-state index in [0.29, 0.717) is 36.8 Å². The molecule has 0 fully saturated rings. The molecule has 2 N–H and O–H groups in total. The molecule has 0 saturated heterocycles. The van der Waals surface area contributed by atoms with Crippen LogP contribution in [0.1, 0.15) is 56.6 Å². The molecule has 2 aromatic carbocycles. The zero-order valence-corrected chi connectivity index (χ0v) is 19.6. The van der Waals surface area contributed by atoms with Crippen molar-refractivity contribution in [3.05, 3.63) is 53.6 Å². The fourth-order valence-corrected chi connectivity index (χ4v) is 4.22. The summed E-state index contributed by atoms with van der Waals surface area (Å²) in [5, 5.41) is 3.05. The van der Waals surface area contributed by atoms with E-state index in [1.165, 1.54) is 24.3 Å². The van der Waals surface area contributed by atoms with E-state index in [1.807, 2.05) is 45.9 Å². The smallest absolute Gasteiger partial charge is 0.251 e. The highest BCUT2D eigenvalue weighted by Crippen LogP contribution is 2.33. The van der Waals surface area contributed by atoms with Crippen LogP contribution in [0.2, 0.25) is 0 Å². The maximum atomic E-state index is 12.9. The second kappa shape index (κ2) is 11.2. The molecule has 0 spiro atoms. The summed E-state index contributed by atoms with van der Waals surface area (Å²) in [4.78, 5) is 13.0. The van der Waals surface area contributed by atoms with Gasteiger partial charge < -0.3 is 14.8 Å². The third kappa shape index (κ3) is 6.45. The number of hydrogen-bond donors (Lipinski definition) is 2. The lowest BCUT2D eigenvalue weighted by molar-refractivity contribution is 0.0925. The molecule has 0 aliphatic rings. The summed E-state index contributed by atoms with van der Waals surface area (Å²) in [5.41, 5.74) is 1.29. The van der Waals surface area contributed by atoms with Crippen molar-refractivity contribution in [1.82, 2.24) is 10.0 Å². The molecule has 170 valence electrons. The average Bonchev–Trinajstić information content (AvgIpc) is 2.73. The molecule has 2 aromatic rings. The van der Waals surface area contributed by atoms with E-state index in [1.54, 1.807) is 6.92 Å². The Morgan fingerprint density at radius 2 is 1.55 bits per heavy atom. The Hall–Kier alpha value is -2.58. The monoisotopic (exact) mass is 448 g/mol. The van der Waals surface area contributed by atoms with E-state index in [0.717, 1.165) is 5.56 Å². The molecular weight excluding hydrogens is 416 g/mol. The number of amides is 1. The van der Waals surface area contributed by atoms with Gasteiger partial charge in [-0.1, -0.05) is 26.8 Å². The second-order valence-corrected chi connectivity index (χ2v) is 9.06. The van der Waals surface area contributed by atoms with Crippen LogP contribution in [-0.2, 0) is 10.0 Å². The average molecular weight is 449 g/mol. The first kappa shape index (κ1) is 24.7. The van der Waals surface area contributed by atoms with Crippen LogP contribution < -0.4 is 19.5 Å². The number of nitrogens with one attached hydrogen (secondary N) is 2. The van der Waals surface area contributed by atoms with Gasteiger partial charge in [-0.05, 0) is 61.7 Å². The lowest BCUT2D eigenvalue weighted by Crippen LogP contribution is -2.32. The zero-order chi connectivity index (χ0) is 23.0. The molecule has 7 nitrogen and oxygen atoms in total. The molecule has 2 rings (SSSR count). The van der Waals surface area contributed by atoms with E-state index < -0.39 is 10.0 Å². The standard InChI is InChI=1S/C23H32N2O5S/c1-6-24-31(27,28)19-12-9-17(10-13-19)23(26)25-22(16(4)5)18-11-14-20(29-7-2)21(15-18)30-8-3/h9-16,22,24H,6-8H2,1-5H3,(H,25,26). The molecule has 0 radical (unpaired) electrons. The Balaban J connectivity index is 2.25. The molecule has 8 heteroatoms. The predicted molar refractivity (Wildman–Crippen MR) is 121 cm³/mol. The number of hydrogen-bond acceptors (Lipinski definition) is 5. The van der Waals surface area contributed by atoms with E-state index in [4.69, 9.17) is 9.47 Å². The van der Waals surface area contributed by atoms with Crippen molar-refractivity contribution in [2.75, 3.05) is 19.8 Å². The quantitative estimate of drug-likeness (QED) is 0.544. The Morgan fingerprint density at radius 1 is 0.935 bits per heavy atom. The summed E-state index contributed by atoms with van der Waals surface area (Å²) in [5.74, 6) is 1.14. The van der Waals surface area contributed by atoms with Crippen molar-refractivity contribution in [2.45, 2.75) is 45.6 Å². The summed E-state index contributed by atoms with van der Waals surface area (Å²) in [7, 11) is -3.56. The summed E-state index contributed by atoms with van der Waals surface area (Å²) < 4.78 is 38.0. The number of carbonyl (C=O) groups is 1. The van der Waals surface area contributed by atoms with Crippen LogP contribution >= 0.6 is 0 Å². The third-order valence-electron chi connectivity index (χ3n) is 4.64. The molecule has 0 aliphatic carbocycles. The molecule has 0 aromatic heterocycles. The predicted octanol–water partition coefficient (Wildman–Crippen LogP) is 3.91. The normalized spacial score (nSPS) is 12.5. The van der Waals surface area contributed by atoms with E-state index in [9.17, 15) is 13.2 Å². The van der Waals surface area contributed by atoms with Crippen molar-refractivity contribution in [2.24, 2.45) is 5.92 Å². The van der Waals surface area contributed by atoms with Crippen LogP contribution in [0.25, 0.3) is 0 Å². The lowest BCUT2D eigenvalue weighted by atomic mass is 9.95. The molecule has 0 aliphatic heterocycles. The topological polar surface area (TPSA) is 93.7 Å². The van der Waals surface area contributed by atoms with Gasteiger partial charge in [-0.3, -0.25) is 4.79 Å². The SMILES string of the molecule is CCNS(=O)(=O)c1ccc(C(=O)NC(c2ccc(OCC)c(OCC)c2)C(C)C)cc1. The van der Waals surface area contributed by atoms with Gasteiger partial charge in [0.25, 0.3) is 5.91 Å². The van der Waals surface area contributed by atoms with Crippen molar-refractivity contribution in [1.29, 1.82) is 0 Å². The van der Waals surface area contributed by atoms with Crippen molar-refractivity contribution in [3.63, 3.8) is 0 Å². The molecule has 1 atom stereocenters. The van der Waals surface area contributed by atoms with Crippen LogP contribution in [-0.4, -0.2) is 34.1 Å². The van der Waals surface area contributed by atoms with E-state index in [-0.39, 0.29) is 22.8 Å². The van der Waals surface area contributed by atoms with Crippen LogP contribution in [0.15, 0.2) is 47.4 Å². The highest BCUT2D eigenvalue weighted by molar-refractivity contribution is 7.89. The molecule has 31 heavy (non-hydrogen) atoms. The van der Waals surface area contributed by atoms with Crippen molar-refractivity contribution in [3.8, 4) is 11.5 Å². The Bertz CT molecular complexity index is 972. The van der Waals surface area contributed by atoms with Crippen LogP contribution in [0.5, 0.6) is 11.5 Å². The van der Waals surface area contributed by atoms with Gasteiger partial charge in [-0.25, -0.2) is 13.1 Å². The molecule has 1 unspecified atom stereocenters. The van der Waals surface area contributed by atoms with Gasteiger partial charge in [0, 0.05) is 12.1 Å². The highest BCUT2D eigenvalue weighted by Gasteiger charge is 2.22. The van der Waals surface area contributed by atoms with Crippen LogP contribution in [0.3, 0.4) is 0 Å². The number of ether oxygens (including phenoxy) is 2. The fraction of sp³-hybridized carbons (Fsp3) is 0.435. The number of benzene rings is 2. The first-order valence-electron chi connectivity index (χ1n) is 10.5. The summed E-state index contributed by atoms with van der Waals surface area (Å²) in [6, 6.07) is 11.3. The van der Waals surface area contributed by atoms with Gasteiger partial charge in [0.15, 0.2) is 11.5 Å². The lowest BCUT2D eigenvalue weighted by Gasteiger charge is -2.24. The minimum Gasteiger partial charge on any atom is -0.490 e. The Morgan fingerprint density at radius 3 is 2.10 bits per heavy atom. The molecular formula is C23H32N2O5S. The van der Waals surface area contributed by atoms with Crippen LogP contribution in [0.4, 0.5) is 0 Å². The van der Waals surface area contributed by atoms with Gasteiger partial charge in [0.1, 0.15) is 0 Å². The van der Waals surface area contributed by atoms with E-state index >= 15 is 0 Å². The van der Waals surface area contributed by atoms with Gasteiger partial charge >= 0.3 is 0 Å². The minimum atomic E-state index is -3.56. The number of carbonyl (C=O) groups excluding carboxylic acids is 1. The minimum absolute atomic E-state index is 0.116. The summed E-state index contributed by atoms with van der Waals surface area (Å²) >= 11 is 0. The molecule has 0 bridgehead atoms. The Kier molecular flexibility index (Phi) is 8.88. The fourth-order valence-electron chi connectivity index (χ4n) is 3.18. The zero-order valence-electron chi connectivity index (χ0n) is 18.8. The molecule has 1 amide bonds. The third-order valence-corrected chi connectivity index (χ3v) is 6.20. The van der Waals surface area contributed by atoms with Crippen molar-refractivity contribution >= 4 is 15.9 Å². The van der Waals surface area contributed by atoms with Crippen molar-refractivity contribution < 1.29 is 22.7 Å². The number of sulfonamides is 1. The first-order valence-corrected chi connectivity index (χ1v) is 12.0. The first-order chi connectivity index (χ1) is 14.7. The maximum absolute atomic E-state index is 12.9. The van der Waals surface area contributed by atoms with E-state index in [2.05, 4.69) is 10.0 Å². The van der Waals surface area contributed by atoms with Crippen LogP contribution in [0, 0.1) is 5.92 Å². The molecule has 0 saturated carbocycles. The summed E-state index contributed by atoms with van der Waals surface area (Å²) in [6.07, 6.45) is 0. The van der Waals surface area contributed by atoms with Gasteiger partial charge in [-0.2, -0.15) is 0 Å². The molecule has 0 heterocycles. The largest absolute Gasteiger partial charge is 0.490 e. The highest BCUT2D eigenvalue weighted by atomic mass is 32.2. The van der Waals surface area contributed by atoms with Gasteiger partial charge in [0.05, 0.1) is 24.2 Å².